The van der Waals surface area contributed by atoms with Gasteiger partial charge in [-0.15, -0.1) is 10.2 Å². The number of benzene rings is 1. The zero-order chi connectivity index (χ0) is 18.0. The molecule has 1 fully saturated rings. The number of aromatic nitrogens is 2. The Morgan fingerprint density at radius 2 is 2.08 bits per heavy atom. The molecule has 10 heteroatoms. The van der Waals surface area contributed by atoms with Crippen LogP contribution in [0.25, 0.3) is 0 Å². The number of urea groups is 1. The van der Waals surface area contributed by atoms with Crippen LogP contribution < -0.4 is 10.6 Å². The summed E-state index contributed by atoms with van der Waals surface area (Å²) in [7, 11) is 1.55. The van der Waals surface area contributed by atoms with Gasteiger partial charge in [0, 0.05) is 25.3 Å². The van der Waals surface area contributed by atoms with Gasteiger partial charge in [0.05, 0.1) is 6.04 Å². The lowest BCUT2D eigenvalue weighted by atomic mass is 10.2. The lowest BCUT2D eigenvalue weighted by Crippen LogP contribution is -2.37. The van der Waals surface area contributed by atoms with Gasteiger partial charge in [0.15, 0.2) is 11.6 Å². The fourth-order valence-electron chi connectivity index (χ4n) is 2.63. The Morgan fingerprint density at radius 3 is 2.80 bits per heavy atom. The van der Waals surface area contributed by atoms with Gasteiger partial charge in [-0.3, -0.25) is 4.79 Å². The van der Waals surface area contributed by atoms with Crippen LogP contribution in [0.2, 0.25) is 0 Å². The van der Waals surface area contributed by atoms with Gasteiger partial charge >= 0.3 is 6.03 Å². The molecular formula is C15H15F2N5O2S. The Balaban J connectivity index is 1.73. The van der Waals surface area contributed by atoms with Crippen molar-refractivity contribution in [1.82, 2.24) is 20.4 Å². The van der Waals surface area contributed by atoms with Crippen LogP contribution in [0.4, 0.5) is 19.3 Å². The molecule has 0 radical (unpaired) electrons. The first-order valence-corrected chi connectivity index (χ1v) is 8.39. The van der Waals surface area contributed by atoms with E-state index >= 15 is 0 Å². The van der Waals surface area contributed by atoms with Crippen molar-refractivity contribution in [2.45, 2.75) is 18.9 Å². The Kier molecular flexibility index (Phi) is 4.88. The van der Waals surface area contributed by atoms with E-state index in [4.69, 9.17) is 0 Å². The summed E-state index contributed by atoms with van der Waals surface area (Å²) in [6.07, 6.45) is 1.58. The number of rotatable bonds is 3. The van der Waals surface area contributed by atoms with E-state index in [1.807, 2.05) is 0 Å². The number of likely N-dealkylation sites (tertiary alicyclic amines) is 1. The van der Waals surface area contributed by atoms with Crippen LogP contribution in [0.15, 0.2) is 18.2 Å². The minimum atomic E-state index is -1.05. The van der Waals surface area contributed by atoms with E-state index in [0.29, 0.717) is 11.6 Å². The van der Waals surface area contributed by atoms with Crippen molar-refractivity contribution in [2.24, 2.45) is 0 Å². The van der Waals surface area contributed by atoms with Gasteiger partial charge in [-0.05, 0) is 25.0 Å². The smallest absolute Gasteiger partial charge is 0.317 e. The number of hydrogen-bond donors (Lipinski definition) is 2. The van der Waals surface area contributed by atoms with Crippen LogP contribution in [-0.2, 0) is 0 Å². The molecule has 1 atom stereocenters. The van der Waals surface area contributed by atoms with Crippen LogP contribution in [0.1, 0.15) is 33.7 Å². The van der Waals surface area contributed by atoms with Crippen LogP contribution in [-0.4, -0.2) is 40.6 Å². The molecule has 0 saturated carbocycles. The highest BCUT2D eigenvalue weighted by Gasteiger charge is 2.32. The predicted octanol–water partition coefficient (Wildman–Crippen LogP) is 2.54. The average Bonchev–Trinajstić information content (AvgIpc) is 3.26. The lowest BCUT2D eigenvalue weighted by Gasteiger charge is -2.21. The number of carbonyl (C=O) groups is 2. The molecule has 1 aromatic carbocycles. The van der Waals surface area contributed by atoms with E-state index in [0.717, 1.165) is 36.3 Å². The Morgan fingerprint density at radius 1 is 1.28 bits per heavy atom. The number of anilines is 1. The molecule has 0 spiro atoms. The van der Waals surface area contributed by atoms with Crippen molar-refractivity contribution in [3.05, 3.63) is 39.8 Å². The number of carbonyl (C=O) groups excluding carboxylic acids is 2. The Bertz CT molecular complexity index is 813. The molecule has 2 N–H and O–H groups in total. The normalized spacial score (nSPS) is 16.8. The largest absolute Gasteiger partial charge is 0.341 e. The number of nitrogens with zero attached hydrogens (tertiary/aromatic N) is 3. The summed E-state index contributed by atoms with van der Waals surface area (Å²) in [5.41, 5.74) is 0.119. The first kappa shape index (κ1) is 17.2. The highest BCUT2D eigenvalue weighted by atomic mass is 32.1. The van der Waals surface area contributed by atoms with Crippen molar-refractivity contribution in [3.8, 4) is 0 Å². The SMILES string of the molecule is CNC(=O)N1CCC[C@H]1c1nnc(C(=O)Nc2ccc(F)c(F)c2)s1. The number of halogens is 2. The van der Waals surface area contributed by atoms with Gasteiger partial charge in [0.25, 0.3) is 5.91 Å². The minimum absolute atomic E-state index is 0.0866. The van der Waals surface area contributed by atoms with Crippen molar-refractivity contribution in [3.63, 3.8) is 0 Å². The second-order valence-corrected chi connectivity index (χ2v) is 6.44. The molecule has 1 saturated heterocycles. The second-order valence-electron chi connectivity index (χ2n) is 5.44. The molecule has 132 valence electrons. The summed E-state index contributed by atoms with van der Waals surface area (Å²) in [4.78, 5) is 25.7. The fourth-order valence-corrected chi connectivity index (χ4v) is 3.52. The molecule has 1 aromatic heterocycles. The van der Waals surface area contributed by atoms with E-state index in [9.17, 15) is 18.4 Å². The molecule has 3 rings (SSSR count). The molecule has 1 aliphatic rings. The van der Waals surface area contributed by atoms with E-state index in [1.54, 1.807) is 11.9 Å². The highest BCUT2D eigenvalue weighted by Crippen LogP contribution is 2.33. The third-order valence-corrected chi connectivity index (χ3v) is 4.85. The zero-order valence-corrected chi connectivity index (χ0v) is 14.1. The zero-order valence-electron chi connectivity index (χ0n) is 13.3. The molecule has 2 heterocycles. The molecule has 25 heavy (non-hydrogen) atoms. The maximum atomic E-state index is 13.2. The topological polar surface area (TPSA) is 87.2 Å². The summed E-state index contributed by atoms with van der Waals surface area (Å²) in [5, 5.41) is 13.5. The summed E-state index contributed by atoms with van der Waals surface area (Å²) in [5.74, 6) is -2.62. The van der Waals surface area contributed by atoms with Crippen LogP contribution in [0.5, 0.6) is 0 Å². The summed E-state index contributed by atoms with van der Waals surface area (Å²) < 4.78 is 26.1. The van der Waals surface area contributed by atoms with E-state index in [2.05, 4.69) is 20.8 Å². The van der Waals surface area contributed by atoms with E-state index < -0.39 is 17.5 Å². The summed E-state index contributed by atoms with van der Waals surface area (Å²) >= 11 is 1.07. The van der Waals surface area contributed by atoms with Gasteiger partial charge < -0.3 is 15.5 Å². The molecule has 0 unspecified atom stereocenters. The average molecular weight is 367 g/mol. The van der Waals surface area contributed by atoms with Crippen molar-refractivity contribution in [1.29, 1.82) is 0 Å². The standard InChI is InChI=1S/C15H15F2N5O2S/c1-18-15(24)22-6-2-3-11(22)13-20-21-14(25-13)12(23)19-8-4-5-9(16)10(17)7-8/h4-5,7,11H,2-3,6H2,1H3,(H,18,24)(H,19,23)/t11-/m0/s1. The monoisotopic (exact) mass is 367 g/mol. The molecule has 0 bridgehead atoms. The number of nitrogens with one attached hydrogen (secondary N) is 2. The van der Waals surface area contributed by atoms with Gasteiger partial charge in [-0.25, -0.2) is 13.6 Å². The van der Waals surface area contributed by atoms with E-state index in [1.165, 1.54) is 6.07 Å². The minimum Gasteiger partial charge on any atom is -0.341 e. The predicted molar refractivity (Wildman–Crippen MR) is 87.4 cm³/mol. The first-order valence-electron chi connectivity index (χ1n) is 7.57. The van der Waals surface area contributed by atoms with Crippen LogP contribution in [0, 0.1) is 11.6 Å². The molecule has 2 aromatic rings. The molecule has 7 nitrogen and oxygen atoms in total. The Hall–Kier alpha value is -2.62. The molecule has 0 aliphatic carbocycles. The third kappa shape index (κ3) is 3.58. The fraction of sp³-hybridized carbons (Fsp3) is 0.333. The second kappa shape index (κ2) is 7.09. The quantitative estimate of drug-likeness (QED) is 0.873. The van der Waals surface area contributed by atoms with Crippen molar-refractivity contribution in [2.75, 3.05) is 18.9 Å². The first-order chi connectivity index (χ1) is 12.0. The van der Waals surface area contributed by atoms with Gasteiger partial charge in [-0.2, -0.15) is 0 Å². The maximum absolute atomic E-state index is 13.2. The highest BCUT2D eigenvalue weighted by molar-refractivity contribution is 7.13. The number of hydrogen-bond acceptors (Lipinski definition) is 5. The van der Waals surface area contributed by atoms with E-state index in [-0.39, 0.29) is 22.8 Å². The van der Waals surface area contributed by atoms with Gasteiger partial charge in [0.1, 0.15) is 5.01 Å². The third-order valence-electron chi connectivity index (χ3n) is 3.82. The van der Waals surface area contributed by atoms with Crippen LogP contribution >= 0.6 is 11.3 Å². The summed E-state index contributed by atoms with van der Waals surface area (Å²) in [6, 6.07) is 2.64. The molecule has 1 aliphatic heterocycles. The molecule has 3 amide bonds. The maximum Gasteiger partial charge on any atom is 0.317 e. The number of amides is 3. The Labute approximate surface area is 146 Å². The summed E-state index contributed by atoms with van der Waals surface area (Å²) in [6.45, 7) is 0.611. The van der Waals surface area contributed by atoms with Crippen molar-refractivity contribution < 1.29 is 18.4 Å². The van der Waals surface area contributed by atoms with Gasteiger partial charge in [-0.1, -0.05) is 11.3 Å². The lowest BCUT2D eigenvalue weighted by molar-refractivity contribution is 0.102. The molecular weight excluding hydrogens is 352 g/mol. The van der Waals surface area contributed by atoms with Crippen molar-refractivity contribution >= 4 is 29.0 Å². The van der Waals surface area contributed by atoms with Crippen LogP contribution in [0.3, 0.4) is 0 Å². The van der Waals surface area contributed by atoms with Gasteiger partial charge in [0.2, 0.25) is 5.01 Å².